The van der Waals surface area contributed by atoms with E-state index in [-0.39, 0.29) is 18.3 Å². The topological polar surface area (TPSA) is 85.6 Å². The van der Waals surface area contributed by atoms with Crippen molar-refractivity contribution in [1.82, 2.24) is 9.78 Å². The van der Waals surface area contributed by atoms with Gasteiger partial charge < -0.3 is 5.73 Å². The SMILES string of the molecule is Cc1c(Cc2ccccc2)c(C2=NC(N)=NC(=O)C2)nn1C. The summed E-state index contributed by atoms with van der Waals surface area (Å²) >= 11 is 0. The molecule has 1 aromatic carbocycles. The van der Waals surface area contributed by atoms with E-state index in [1.807, 2.05) is 36.9 Å². The third-order valence-electron chi connectivity index (χ3n) is 3.76. The van der Waals surface area contributed by atoms with Gasteiger partial charge in [-0.1, -0.05) is 30.3 Å². The second-order valence-electron chi connectivity index (χ2n) is 5.30. The lowest BCUT2D eigenvalue weighted by Crippen LogP contribution is -2.23. The van der Waals surface area contributed by atoms with Gasteiger partial charge in [-0.25, -0.2) is 4.99 Å². The number of carbonyl (C=O) groups is 1. The highest BCUT2D eigenvalue weighted by molar-refractivity contribution is 6.19. The average molecular weight is 295 g/mol. The van der Waals surface area contributed by atoms with Gasteiger partial charge in [-0.15, -0.1) is 0 Å². The van der Waals surface area contributed by atoms with E-state index in [2.05, 4.69) is 27.2 Å². The van der Waals surface area contributed by atoms with E-state index < -0.39 is 0 Å². The molecule has 2 aromatic rings. The van der Waals surface area contributed by atoms with Crippen molar-refractivity contribution in [3.63, 3.8) is 0 Å². The molecule has 0 saturated heterocycles. The lowest BCUT2D eigenvalue weighted by molar-refractivity contribution is -0.116. The molecule has 3 rings (SSSR count). The lowest BCUT2D eigenvalue weighted by atomic mass is 9.99. The maximum atomic E-state index is 11.6. The summed E-state index contributed by atoms with van der Waals surface area (Å²) in [7, 11) is 1.88. The first kappa shape index (κ1) is 14.2. The summed E-state index contributed by atoms with van der Waals surface area (Å²) < 4.78 is 1.81. The highest BCUT2D eigenvalue weighted by Crippen LogP contribution is 2.20. The fourth-order valence-corrected chi connectivity index (χ4v) is 2.55. The van der Waals surface area contributed by atoms with Gasteiger partial charge in [0.2, 0.25) is 5.96 Å². The Bertz CT molecular complexity index is 786. The van der Waals surface area contributed by atoms with Gasteiger partial charge in [0.1, 0.15) is 5.69 Å². The number of carbonyl (C=O) groups excluding carboxylic acids is 1. The quantitative estimate of drug-likeness (QED) is 0.927. The Morgan fingerprint density at radius 3 is 2.64 bits per heavy atom. The van der Waals surface area contributed by atoms with E-state index in [1.165, 1.54) is 5.56 Å². The molecule has 2 heterocycles. The summed E-state index contributed by atoms with van der Waals surface area (Å²) in [6.45, 7) is 2.01. The van der Waals surface area contributed by atoms with Gasteiger partial charge in [-0.2, -0.15) is 10.1 Å². The van der Waals surface area contributed by atoms with Crippen molar-refractivity contribution in [3.05, 3.63) is 52.8 Å². The number of guanidine groups is 1. The maximum Gasteiger partial charge on any atom is 0.255 e. The number of aryl methyl sites for hydroxylation is 1. The number of nitrogens with two attached hydrogens (primary N) is 1. The average Bonchev–Trinajstić information content (AvgIpc) is 2.76. The fourth-order valence-electron chi connectivity index (χ4n) is 2.55. The van der Waals surface area contributed by atoms with Crippen LogP contribution in [0, 0.1) is 6.92 Å². The van der Waals surface area contributed by atoms with Gasteiger partial charge in [-0.05, 0) is 12.5 Å². The second kappa shape index (κ2) is 5.55. The van der Waals surface area contributed by atoms with Crippen LogP contribution in [0.5, 0.6) is 0 Å². The lowest BCUT2D eigenvalue weighted by Gasteiger charge is -2.09. The molecule has 112 valence electrons. The molecule has 0 spiro atoms. The van der Waals surface area contributed by atoms with Crippen LogP contribution in [0.25, 0.3) is 0 Å². The van der Waals surface area contributed by atoms with Crippen molar-refractivity contribution in [1.29, 1.82) is 0 Å². The Morgan fingerprint density at radius 2 is 1.95 bits per heavy atom. The van der Waals surface area contributed by atoms with Gasteiger partial charge in [0, 0.05) is 24.7 Å². The molecule has 0 unspecified atom stereocenters. The Balaban J connectivity index is 2.04. The van der Waals surface area contributed by atoms with Crippen molar-refractivity contribution in [3.8, 4) is 0 Å². The van der Waals surface area contributed by atoms with Crippen LogP contribution in [0.15, 0.2) is 40.3 Å². The zero-order chi connectivity index (χ0) is 15.7. The first-order valence-electron chi connectivity index (χ1n) is 7.06. The molecule has 6 heteroatoms. The molecular weight excluding hydrogens is 278 g/mol. The molecule has 1 aromatic heterocycles. The van der Waals surface area contributed by atoms with E-state index in [1.54, 1.807) is 0 Å². The van der Waals surface area contributed by atoms with Crippen LogP contribution in [-0.2, 0) is 18.3 Å². The summed E-state index contributed by atoms with van der Waals surface area (Å²) in [4.78, 5) is 19.5. The van der Waals surface area contributed by atoms with Crippen molar-refractivity contribution in [2.24, 2.45) is 22.8 Å². The molecule has 2 N–H and O–H groups in total. The molecule has 0 atom stereocenters. The number of hydrogen-bond acceptors (Lipinski definition) is 4. The minimum Gasteiger partial charge on any atom is -0.368 e. The first-order chi connectivity index (χ1) is 10.5. The Labute approximate surface area is 128 Å². The van der Waals surface area contributed by atoms with Crippen LogP contribution in [0.4, 0.5) is 0 Å². The number of amides is 1. The number of benzene rings is 1. The molecule has 0 aliphatic carbocycles. The van der Waals surface area contributed by atoms with Crippen molar-refractivity contribution in [2.45, 2.75) is 19.8 Å². The van der Waals surface area contributed by atoms with E-state index >= 15 is 0 Å². The summed E-state index contributed by atoms with van der Waals surface area (Å²) in [5.41, 5.74) is 10.2. The number of hydrogen-bond donors (Lipinski definition) is 1. The Morgan fingerprint density at radius 1 is 1.23 bits per heavy atom. The van der Waals surface area contributed by atoms with E-state index in [4.69, 9.17) is 5.73 Å². The van der Waals surface area contributed by atoms with Crippen molar-refractivity contribution >= 4 is 17.6 Å². The smallest absolute Gasteiger partial charge is 0.255 e. The highest BCUT2D eigenvalue weighted by atomic mass is 16.1. The number of rotatable bonds is 3. The van der Waals surface area contributed by atoms with Crippen LogP contribution < -0.4 is 5.73 Å². The Hall–Kier alpha value is -2.76. The van der Waals surface area contributed by atoms with Gasteiger partial charge in [0.25, 0.3) is 5.91 Å². The highest BCUT2D eigenvalue weighted by Gasteiger charge is 2.23. The molecule has 0 radical (unpaired) electrons. The number of nitrogens with zero attached hydrogens (tertiary/aromatic N) is 4. The number of aromatic nitrogens is 2. The third kappa shape index (κ3) is 2.67. The summed E-state index contributed by atoms with van der Waals surface area (Å²) in [6, 6.07) is 10.1. The molecular formula is C16H17N5O. The normalized spacial score (nSPS) is 14.7. The molecule has 1 aliphatic heterocycles. The van der Waals surface area contributed by atoms with Crippen molar-refractivity contribution < 1.29 is 4.79 Å². The standard InChI is InChI=1S/C16H17N5O/c1-10-12(8-11-6-4-3-5-7-11)15(20-21(10)2)13-9-14(22)19-16(17)18-13/h3-7H,8-9H2,1-2H3,(H2,17,19,22). The zero-order valence-electron chi connectivity index (χ0n) is 12.6. The van der Waals surface area contributed by atoms with E-state index in [0.29, 0.717) is 5.71 Å². The summed E-state index contributed by atoms with van der Waals surface area (Å²) in [5, 5.41) is 4.52. The zero-order valence-corrected chi connectivity index (χ0v) is 12.6. The fraction of sp³-hybridized carbons (Fsp3) is 0.250. The molecule has 6 nitrogen and oxygen atoms in total. The van der Waals surface area contributed by atoms with Crippen LogP contribution in [0.2, 0.25) is 0 Å². The van der Waals surface area contributed by atoms with Crippen LogP contribution in [-0.4, -0.2) is 27.4 Å². The monoisotopic (exact) mass is 295 g/mol. The summed E-state index contributed by atoms with van der Waals surface area (Å²) in [6.07, 6.45) is 0.874. The van der Waals surface area contributed by atoms with E-state index in [0.717, 1.165) is 23.4 Å². The minimum atomic E-state index is -0.281. The van der Waals surface area contributed by atoms with Gasteiger partial charge in [0.05, 0.1) is 12.1 Å². The van der Waals surface area contributed by atoms with Crippen LogP contribution in [0.3, 0.4) is 0 Å². The molecule has 1 amide bonds. The molecule has 22 heavy (non-hydrogen) atoms. The maximum absolute atomic E-state index is 11.6. The van der Waals surface area contributed by atoms with Gasteiger partial charge >= 0.3 is 0 Å². The predicted octanol–water partition coefficient (Wildman–Crippen LogP) is 1.35. The molecule has 0 fully saturated rings. The first-order valence-corrected chi connectivity index (χ1v) is 7.06. The predicted molar refractivity (Wildman–Crippen MR) is 85.0 cm³/mol. The third-order valence-corrected chi connectivity index (χ3v) is 3.76. The molecule has 1 aliphatic rings. The van der Waals surface area contributed by atoms with Crippen LogP contribution in [0.1, 0.15) is 28.9 Å². The molecule has 0 saturated carbocycles. The minimum absolute atomic E-state index is 0.000201. The van der Waals surface area contributed by atoms with Gasteiger partial charge in [-0.3, -0.25) is 9.48 Å². The molecule has 0 bridgehead atoms. The largest absolute Gasteiger partial charge is 0.368 e. The van der Waals surface area contributed by atoms with Crippen LogP contribution >= 0.6 is 0 Å². The van der Waals surface area contributed by atoms with Crippen molar-refractivity contribution in [2.75, 3.05) is 0 Å². The Kier molecular flexibility index (Phi) is 3.58. The van der Waals surface area contributed by atoms with Gasteiger partial charge in [0.15, 0.2) is 0 Å². The van der Waals surface area contributed by atoms with E-state index in [9.17, 15) is 4.79 Å². The summed E-state index contributed by atoms with van der Waals surface area (Å²) in [5.74, 6) is -0.281. The second-order valence-corrected chi connectivity index (χ2v) is 5.30. The number of aliphatic imine (C=N–C) groups is 2.